The number of carbonyl (C=O) groups is 2. The van der Waals surface area contributed by atoms with E-state index in [0.29, 0.717) is 20.7 Å². The molecule has 34 heavy (non-hydrogen) atoms. The van der Waals surface area contributed by atoms with Crippen molar-refractivity contribution in [3.05, 3.63) is 108 Å². The van der Waals surface area contributed by atoms with E-state index in [4.69, 9.17) is 4.74 Å². The van der Waals surface area contributed by atoms with Crippen LogP contribution in [0.5, 0.6) is 5.75 Å². The van der Waals surface area contributed by atoms with Gasteiger partial charge in [0.05, 0.1) is 20.8 Å². The minimum atomic E-state index is -0.448. The number of nitro benzene ring substituents is 1. The number of hydrogen-bond donors (Lipinski definition) is 0. The van der Waals surface area contributed by atoms with Gasteiger partial charge in [0, 0.05) is 12.1 Å². The Labute approximate surface area is 208 Å². The van der Waals surface area contributed by atoms with Crippen LogP contribution in [-0.4, -0.2) is 21.0 Å². The van der Waals surface area contributed by atoms with Gasteiger partial charge in [-0.05, 0) is 69.5 Å². The smallest absolute Gasteiger partial charge is 0.293 e. The second kappa shape index (κ2) is 10.2. The van der Waals surface area contributed by atoms with Crippen molar-refractivity contribution in [2.75, 3.05) is 0 Å². The molecule has 1 fully saturated rings. The standard InChI is InChI=1S/C25H19BrN2O5S/c1-16-5-7-17(8-6-16)14-27-24(29)23(34-25(27)30)13-18-9-10-22(21(26)12-18)33-15-19-3-2-4-20(11-19)28(31)32/h2-13H,14-15H2,1H3/b23-13-. The number of aryl methyl sites for hydroxylation is 1. The van der Waals surface area contributed by atoms with Crippen molar-refractivity contribution in [3.63, 3.8) is 0 Å². The van der Waals surface area contributed by atoms with Crippen LogP contribution in [-0.2, 0) is 17.9 Å². The molecule has 0 aromatic heterocycles. The number of benzene rings is 3. The molecule has 0 atom stereocenters. The predicted octanol–water partition coefficient (Wildman–Crippen LogP) is 6.48. The highest BCUT2D eigenvalue weighted by atomic mass is 79.9. The van der Waals surface area contributed by atoms with Crippen molar-refractivity contribution < 1.29 is 19.2 Å². The molecule has 2 amide bonds. The number of thioether (sulfide) groups is 1. The first-order valence-corrected chi connectivity index (χ1v) is 11.9. The number of imide groups is 1. The molecule has 172 valence electrons. The van der Waals surface area contributed by atoms with E-state index >= 15 is 0 Å². The van der Waals surface area contributed by atoms with Gasteiger partial charge >= 0.3 is 0 Å². The van der Waals surface area contributed by atoms with Crippen molar-refractivity contribution in [2.24, 2.45) is 0 Å². The lowest BCUT2D eigenvalue weighted by atomic mass is 10.1. The number of rotatable bonds is 7. The summed E-state index contributed by atoms with van der Waals surface area (Å²) in [4.78, 5) is 37.3. The van der Waals surface area contributed by atoms with Crippen LogP contribution in [0.15, 0.2) is 76.1 Å². The Morgan fingerprint density at radius 2 is 1.82 bits per heavy atom. The third-order valence-electron chi connectivity index (χ3n) is 5.10. The third-order valence-corrected chi connectivity index (χ3v) is 6.63. The second-order valence-corrected chi connectivity index (χ2v) is 9.51. The zero-order valence-electron chi connectivity index (χ0n) is 18.1. The van der Waals surface area contributed by atoms with Crippen molar-refractivity contribution in [3.8, 4) is 5.75 Å². The number of non-ortho nitro benzene ring substituents is 1. The Kier molecular flexibility index (Phi) is 7.14. The van der Waals surface area contributed by atoms with E-state index in [9.17, 15) is 19.7 Å². The number of carbonyl (C=O) groups excluding carboxylic acids is 2. The molecule has 4 rings (SSSR count). The van der Waals surface area contributed by atoms with Crippen LogP contribution in [0.25, 0.3) is 6.08 Å². The molecule has 3 aromatic rings. The van der Waals surface area contributed by atoms with Gasteiger partial charge in [0.1, 0.15) is 12.4 Å². The van der Waals surface area contributed by atoms with Gasteiger partial charge in [-0.3, -0.25) is 24.6 Å². The van der Waals surface area contributed by atoms with Gasteiger partial charge in [0.15, 0.2) is 0 Å². The summed E-state index contributed by atoms with van der Waals surface area (Å²) >= 11 is 4.38. The summed E-state index contributed by atoms with van der Waals surface area (Å²) in [6.45, 7) is 2.38. The molecular weight excluding hydrogens is 520 g/mol. The van der Waals surface area contributed by atoms with Crippen LogP contribution >= 0.6 is 27.7 Å². The maximum Gasteiger partial charge on any atom is 0.293 e. The summed E-state index contributed by atoms with van der Waals surface area (Å²) < 4.78 is 6.45. The molecular formula is C25H19BrN2O5S. The van der Waals surface area contributed by atoms with E-state index in [-0.39, 0.29) is 30.0 Å². The average Bonchev–Trinajstić information content (AvgIpc) is 3.07. The highest BCUT2D eigenvalue weighted by Crippen LogP contribution is 2.35. The fourth-order valence-corrected chi connectivity index (χ4v) is 4.66. The first-order chi connectivity index (χ1) is 16.3. The summed E-state index contributed by atoms with van der Waals surface area (Å²) in [7, 11) is 0. The Balaban J connectivity index is 1.44. The summed E-state index contributed by atoms with van der Waals surface area (Å²) in [6.07, 6.45) is 1.68. The summed E-state index contributed by atoms with van der Waals surface area (Å²) in [5.41, 5.74) is 3.41. The van der Waals surface area contributed by atoms with Gasteiger partial charge in [-0.25, -0.2) is 0 Å². The topological polar surface area (TPSA) is 89.8 Å². The zero-order valence-corrected chi connectivity index (χ0v) is 20.5. The molecule has 1 aliphatic rings. The highest BCUT2D eigenvalue weighted by molar-refractivity contribution is 9.10. The highest BCUT2D eigenvalue weighted by Gasteiger charge is 2.35. The number of amides is 2. The molecule has 0 radical (unpaired) electrons. The van der Waals surface area contributed by atoms with Gasteiger partial charge in [0.25, 0.3) is 16.8 Å². The molecule has 0 bridgehead atoms. The molecule has 1 heterocycles. The summed E-state index contributed by atoms with van der Waals surface area (Å²) in [5.74, 6) is 0.230. The van der Waals surface area contributed by atoms with Crippen LogP contribution in [0.2, 0.25) is 0 Å². The first-order valence-electron chi connectivity index (χ1n) is 10.3. The summed E-state index contributed by atoms with van der Waals surface area (Å²) in [6, 6.07) is 19.3. The number of hydrogen-bond acceptors (Lipinski definition) is 6. The van der Waals surface area contributed by atoms with Crippen LogP contribution in [0.1, 0.15) is 22.3 Å². The van der Waals surface area contributed by atoms with Gasteiger partial charge in [0.2, 0.25) is 0 Å². The quantitative estimate of drug-likeness (QED) is 0.194. The van der Waals surface area contributed by atoms with Crippen LogP contribution < -0.4 is 4.74 Å². The Morgan fingerprint density at radius 1 is 1.06 bits per heavy atom. The molecule has 1 aliphatic heterocycles. The lowest BCUT2D eigenvalue weighted by molar-refractivity contribution is -0.384. The monoisotopic (exact) mass is 538 g/mol. The Bertz CT molecular complexity index is 1310. The first kappa shape index (κ1) is 23.7. The molecule has 0 saturated carbocycles. The van der Waals surface area contributed by atoms with Crippen LogP contribution in [0.3, 0.4) is 0 Å². The van der Waals surface area contributed by atoms with E-state index in [0.717, 1.165) is 28.5 Å². The molecule has 1 saturated heterocycles. The predicted molar refractivity (Wildman–Crippen MR) is 134 cm³/mol. The van der Waals surface area contributed by atoms with E-state index in [1.165, 1.54) is 17.0 Å². The molecule has 0 spiro atoms. The number of nitrogens with zero attached hydrogens (tertiary/aromatic N) is 2. The second-order valence-electron chi connectivity index (χ2n) is 7.66. The number of halogens is 1. The van der Waals surface area contributed by atoms with Crippen LogP contribution in [0.4, 0.5) is 10.5 Å². The molecule has 0 aliphatic carbocycles. The largest absolute Gasteiger partial charge is 0.488 e. The van der Waals surface area contributed by atoms with Crippen molar-refractivity contribution in [1.29, 1.82) is 0 Å². The molecule has 7 nitrogen and oxygen atoms in total. The third kappa shape index (κ3) is 5.55. The molecule has 9 heteroatoms. The lowest BCUT2D eigenvalue weighted by Gasteiger charge is -2.12. The molecule has 0 N–H and O–H groups in total. The zero-order chi connectivity index (χ0) is 24.2. The van der Waals surface area contributed by atoms with Gasteiger partial charge in [-0.1, -0.05) is 48.0 Å². The van der Waals surface area contributed by atoms with Gasteiger partial charge < -0.3 is 4.74 Å². The molecule has 3 aromatic carbocycles. The van der Waals surface area contributed by atoms with E-state index in [1.807, 2.05) is 31.2 Å². The Morgan fingerprint density at radius 3 is 2.53 bits per heavy atom. The number of ether oxygens (including phenoxy) is 1. The minimum Gasteiger partial charge on any atom is -0.488 e. The number of nitro groups is 1. The fraction of sp³-hybridized carbons (Fsp3) is 0.120. The SMILES string of the molecule is Cc1ccc(CN2C(=O)S/C(=C\c3ccc(OCc4cccc([N+](=O)[O-])c4)c(Br)c3)C2=O)cc1. The minimum absolute atomic E-state index is 0.00633. The molecule has 0 unspecified atom stereocenters. The Hall–Kier alpha value is -3.43. The fourth-order valence-electron chi connectivity index (χ4n) is 3.31. The van der Waals surface area contributed by atoms with Crippen molar-refractivity contribution in [1.82, 2.24) is 4.90 Å². The maximum absolute atomic E-state index is 12.8. The van der Waals surface area contributed by atoms with Crippen LogP contribution in [0, 0.1) is 17.0 Å². The van der Waals surface area contributed by atoms with Crippen molar-refractivity contribution in [2.45, 2.75) is 20.1 Å². The van der Waals surface area contributed by atoms with Crippen molar-refractivity contribution >= 4 is 50.6 Å². The summed E-state index contributed by atoms with van der Waals surface area (Å²) in [5, 5.41) is 10.6. The van der Waals surface area contributed by atoms with E-state index < -0.39 is 4.92 Å². The normalized spacial score (nSPS) is 14.6. The maximum atomic E-state index is 12.8. The lowest BCUT2D eigenvalue weighted by Crippen LogP contribution is -2.27. The average molecular weight is 539 g/mol. The van der Waals surface area contributed by atoms with Gasteiger partial charge in [-0.15, -0.1) is 0 Å². The van der Waals surface area contributed by atoms with Gasteiger partial charge in [-0.2, -0.15) is 0 Å². The van der Waals surface area contributed by atoms with E-state index in [1.54, 1.807) is 36.4 Å². The van der Waals surface area contributed by atoms with E-state index in [2.05, 4.69) is 15.9 Å².